The fraction of sp³-hybridized carbons (Fsp3) is 0.833. The summed E-state index contributed by atoms with van der Waals surface area (Å²) in [4.78, 5) is 23.8. The monoisotopic (exact) mass is 298 g/mol. The molecule has 0 rings (SSSR count). The van der Waals surface area contributed by atoms with Crippen LogP contribution in [-0.2, 0) is 9.59 Å². The number of hydrogen-bond acceptors (Lipinski definition) is 4. The van der Waals surface area contributed by atoms with Crippen molar-refractivity contribution in [3.63, 3.8) is 0 Å². The van der Waals surface area contributed by atoms with Crippen LogP contribution in [0.4, 0.5) is 13.2 Å². The smallest absolute Gasteiger partial charge is 0.395 e. The molecule has 118 valence electrons. The highest BCUT2D eigenvalue weighted by molar-refractivity contribution is 5.88. The second kappa shape index (κ2) is 8.21. The summed E-state index contributed by atoms with van der Waals surface area (Å²) in [6.07, 6.45) is -4.45. The SMILES string of the molecule is CC(=O)C(NC(=O)CN(CCO)CC(F)(F)F)C(C)C. The summed E-state index contributed by atoms with van der Waals surface area (Å²) in [7, 11) is 0. The van der Waals surface area contributed by atoms with Crippen molar-refractivity contribution in [1.82, 2.24) is 10.2 Å². The summed E-state index contributed by atoms with van der Waals surface area (Å²) in [6.45, 7) is 2.22. The molecule has 0 aliphatic rings. The van der Waals surface area contributed by atoms with Gasteiger partial charge >= 0.3 is 6.18 Å². The van der Waals surface area contributed by atoms with Crippen molar-refractivity contribution >= 4 is 11.7 Å². The second-order valence-corrected chi connectivity index (χ2v) is 4.95. The molecule has 20 heavy (non-hydrogen) atoms. The molecule has 0 bridgehead atoms. The van der Waals surface area contributed by atoms with E-state index in [2.05, 4.69) is 5.32 Å². The van der Waals surface area contributed by atoms with Crippen molar-refractivity contribution in [3.05, 3.63) is 0 Å². The fourth-order valence-corrected chi connectivity index (χ4v) is 1.77. The van der Waals surface area contributed by atoms with Gasteiger partial charge in [-0.05, 0) is 12.8 Å². The van der Waals surface area contributed by atoms with E-state index < -0.39 is 37.8 Å². The third-order valence-electron chi connectivity index (χ3n) is 2.61. The Bertz CT molecular complexity index is 332. The Morgan fingerprint density at radius 2 is 1.85 bits per heavy atom. The van der Waals surface area contributed by atoms with Gasteiger partial charge in [0.05, 0.1) is 25.7 Å². The molecule has 2 N–H and O–H groups in total. The third kappa shape index (κ3) is 8.11. The number of hydrogen-bond donors (Lipinski definition) is 2. The number of rotatable bonds is 8. The van der Waals surface area contributed by atoms with Gasteiger partial charge in [-0.25, -0.2) is 0 Å². The molecule has 1 amide bonds. The lowest BCUT2D eigenvalue weighted by Crippen LogP contribution is -2.49. The van der Waals surface area contributed by atoms with Crippen molar-refractivity contribution in [1.29, 1.82) is 0 Å². The third-order valence-corrected chi connectivity index (χ3v) is 2.61. The summed E-state index contributed by atoms with van der Waals surface area (Å²) in [5, 5.41) is 11.1. The largest absolute Gasteiger partial charge is 0.401 e. The molecule has 5 nitrogen and oxygen atoms in total. The molecule has 8 heteroatoms. The van der Waals surface area contributed by atoms with Crippen molar-refractivity contribution in [2.45, 2.75) is 33.0 Å². The lowest BCUT2D eigenvalue weighted by Gasteiger charge is -2.24. The minimum Gasteiger partial charge on any atom is -0.395 e. The van der Waals surface area contributed by atoms with Crippen LogP contribution in [0.3, 0.4) is 0 Å². The zero-order chi connectivity index (χ0) is 15.9. The molecule has 0 fully saturated rings. The Kier molecular flexibility index (Phi) is 7.74. The van der Waals surface area contributed by atoms with E-state index in [0.717, 1.165) is 4.90 Å². The van der Waals surface area contributed by atoms with E-state index in [0.29, 0.717) is 0 Å². The van der Waals surface area contributed by atoms with Crippen molar-refractivity contribution < 1.29 is 27.9 Å². The number of carbonyl (C=O) groups excluding carboxylic acids is 2. The van der Waals surface area contributed by atoms with Crippen LogP contribution in [0.5, 0.6) is 0 Å². The maximum absolute atomic E-state index is 12.3. The Balaban J connectivity index is 4.56. The molecule has 0 aliphatic heterocycles. The van der Waals surface area contributed by atoms with Gasteiger partial charge in [-0.15, -0.1) is 0 Å². The van der Waals surface area contributed by atoms with Crippen molar-refractivity contribution in [3.8, 4) is 0 Å². The molecule has 1 unspecified atom stereocenters. The Morgan fingerprint density at radius 3 is 2.20 bits per heavy atom. The normalized spacial score (nSPS) is 13.7. The van der Waals surface area contributed by atoms with Gasteiger partial charge in [-0.3, -0.25) is 14.5 Å². The second-order valence-electron chi connectivity index (χ2n) is 4.95. The Morgan fingerprint density at radius 1 is 1.30 bits per heavy atom. The first-order valence-electron chi connectivity index (χ1n) is 6.26. The highest BCUT2D eigenvalue weighted by Gasteiger charge is 2.31. The predicted octanol–water partition coefficient (Wildman–Crippen LogP) is 0.573. The number of aliphatic hydroxyl groups is 1. The van der Waals surface area contributed by atoms with E-state index in [1.165, 1.54) is 6.92 Å². The van der Waals surface area contributed by atoms with Crippen LogP contribution >= 0.6 is 0 Å². The first-order valence-corrected chi connectivity index (χ1v) is 6.26. The molecule has 0 radical (unpaired) electrons. The van der Waals surface area contributed by atoms with Gasteiger partial charge < -0.3 is 10.4 Å². The number of carbonyl (C=O) groups is 2. The molecule has 0 aromatic rings. The molecule has 0 aliphatic carbocycles. The van der Waals surface area contributed by atoms with E-state index in [-0.39, 0.29) is 18.2 Å². The minimum absolute atomic E-state index is 0.148. The number of halogens is 3. The highest BCUT2D eigenvalue weighted by Crippen LogP contribution is 2.16. The van der Waals surface area contributed by atoms with Gasteiger partial charge in [0, 0.05) is 6.54 Å². The number of alkyl halides is 3. The van der Waals surface area contributed by atoms with E-state index in [4.69, 9.17) is 5.11 Å². The van der Waals surface area contributed by atoms with Gasteiger partial charge in [0.2, 0.25) is 5.91 Å². The molecule has 1 atom stereocenters. The highest BCUT2D eigenvalue weighted by atomic mass is 19.4. The van der Waals surface area contributed by atoms with Crippen LogP contribution in [0.25, 0.3) is 0 Å². The van der Waals surface area contributed by atoms with Crippen molar-refractivity contribution in [2.75, 3.05) is 26.2 Å². The topological polar surface area (TPSA) is 69.6 Å². The zero-order valence-electron chi connectivity index (χ0n) is 11.8. The standard InChI is InChI=1S/C12H21F3N2O3/c1-8(2)11(9(3)19)16-10(20)6-17(4-5-18)7-12(13,14)15/h8,11,18H,4-7H2,1-3H3,(H,16,20). The van der Waals surface area contributed by atoms with E-state index >= 15 is 0 Å². The summed E-state index contributed by atoms with van der Waals surface area (Å²) in [5.74, 6) is -1.07. The van der Waals surface area contributed by atoms with Crippen LogP contribution in [0.15, 0.2) is 0 Å². The van der Waals surface area contributed by atoms with Gasteiger partial charge in [0.15, 0.2) is 5.78 Å². The van der Waals surface area contributed by atoms with Crippen LogP contribution in [0.1, 0.15) is 20.8 Å². The molecular weight excluding hydrogens is 277 g/mol. The first-order chi connectivity index (χ1) is 9.06. The van der Waals surface area contributed by atoms with Gasteiger partial charge in [0.1, 0.15) is 0 Å². The van der Waals surface area contributed by atoms with Gasteiger partial charge in [0.25, 0.3) is 0 Å². The maximum atomic E-state index is 12.3. The Hall–Kier alpha value is -1.15. The average molecular weight is 298 g/mol. The fourth-order valence-electron chi connectivity index (χ4n) is 1.77. The number of Topliss-reactive ketones (excluding diaryl/α,β-unsaturated/α-hetero) is 1. The predicted molar refractivity (Wildman–Crippen MR) is 67.0 cm³/mol. The van der Waals surface area contributed by atoms with Crippen LogP contribution in [-0.4, -0.2) is 60.2 Å². The van der Waals surface area contributed by atoms with Crippen LogP contribution in [0, 0.1) is 5.92 Å². The summed E-state index contributed by atoms with van der Waals surface area (Å²) < 4.78 is 36.9. The van der Waals surface area contributed by atoms with Crippen molar-refractivity contribution in [2.24, 2.45) is 5.92 Å². The molecule has 0 heterocycles. The molecule has 0 aromatic heterocycles. The lowest BCUT2D eigenvalue weighted by atomic mass is 10.0. The molecule has 0 spiro atoms. The molecular formula is C12H21F3N2O3. The summed E-state index contributed by atoms with van der Waals surface area (Å²) in [5.41, 5.74) is 0. The van der Waals surface area contributed by atoms with Gasteiger partial charge in [-0.2, -0.15) is 13.2 Å². The van der Waals surface area contributed by atoms with Crippen LogP contribution in [0.2, 0.25) is 0 Å². The van der Waals surface area contributed by atoms with Gasteiger partial charge in [-0.1, -0.05) is 13.8 Å². The number of nitrogens with zero attached hydrogens (tertiary/aromatic N) is 1. The molecule has 0 aromatic carbocycles. The number of amides is 1. The van der Waals surface area contributed by atoms with E-state index in [9.17, 15) is 22.8 Å². The number of aliphatic hydroxyl groups excluding tert-OH is 1. The number of ketones is 1. The summed E-state index contributed by atoms with van der Waals surface area (Å²) in [6, 6.07) is -0.718. The minimum atomic E-state index is -4.45. The van der Waals surface area contributed by atoms with E-state index in [1.807, 2.05) is 0 Å². The number of nitrogens with one attached hydrogen (secondary N) is 1. The van der Waals surface area contributed by atoms with E-state index in [1.54, 1.807) is 13.8 Å². The zero-order valence-corrected chi connectivity index (χ0v) is 11.8. The molecule has 0 saturated heterocycles. The molecule has 0 saturated carbocycles. The summed E-state index contributed by atoms with van der Waals surface area (Å²) >= 11 is 0. The Labute approximate surface area is 116 Å². The first kappa shape index (κ1) is 18.9. The maximum Gasteiger partial charge on any atom is 0.401 e. The quantitative estimate of drug-likeness (QED) is 0.687. The average Bonchev–Trinajstić information content (AvgIpc) is 2.22. The van der Waals surface area contributed by atoms with Crippen LogP contribution < -0.4 is 5.32 Å². The lowest BCUT2D eigenvalue weighted by molar-refractivity contribution is -0.150.